The molecule has 0 aliphatic carbocycles. The molecule has 12 rings (SSSR count). The smallest absolute Gasteiger partial charge is 0.141 e. The molecule has 0 amide bonds. The van der Waals surface area contributed by atoms with Gasteiger partial charge >= 0.3 is 0 Å². The summed E-state index contributed by atoms with van der Waals surface area (Å²) < 4.78 is 0. The van der Waals surface area contributed by atoms with Gasteiger partial charge in [-0.1, -0.05) is 18.2 Å². The number of likely N-dealkylation sites (tertiary alicyclic amines) is 3. The van der Waals surface area contributed by atoms with Crippen molar-refractivity contribution in [2.45, 2.75) is 114 Å². The van der Waals surface area contributed by atoms with E-state index in [1.807, 2.05) is 52.5 Å². The van der Waals surface area contributed by atoms with Crippen LogP contribution in [0.3, 0.4) is 0 Å². The molecule has 3 unspecified atom stereocenters. The summed E-state index contributed by atoms with van der Waals surface area (Å²) >= 11 is 4.89. The van der Waals surface area contributed by atoms with Crippen LogP contribution in [0.4, 0.5) is 34.1 Å². The van der Waals surface area contributed by atoms with E-state index in [0.717, 1.165) is 88.7 Å². The van der Waals surface area contributed by atoms with Crippen LogP contribution in [0.25, 0.3) is 0 Å². The van der Waals surface area contributed by atoms with Gasteiger partial charge in [0, 0.05) is 74.5 Å². The number of fused-ring (bicyclic) bond motifs is 3. The van der Waals surface area contributed by atoms with Crippen molar-refractivity contribution in [1.82, 2.24) is 14.7 Å². The molecule has 3 saturated heterocycles. The summed E-state index contributed by atoms with van der Waals surface area (Å²) in [7, 11) is 6.80. The van der Waals surface area contributed by atoms with Crippen LogP contribution >= 0.6 is 34.0 Å². The summed E-state index contributed by atoms with van der Waals surface area (Å²) in [5.41, 5.74) is 29.8. The lowest BCUT2D eigenvalue weighted by atomic mass is 10.00. The fourth-order valence-corrected chi connectivity index (χ4v) is 14.6. The molecule has 78 heavy (non-hydrogen) atoms. The van der Waals surface area contributed by atoms with Gasteiger partial charge in [-0.15, -0.1) is 34.0 Å². The van der Waals surface area contributed by atoms with Crippen molar-refractivity contribution in [1.29, 1.82) is 0 Å². The molecule has 0 spiro atoms. The van der Waals surface area contributed by atoms with Crippen LogP contribution < -0.4 is 31.9 Å². The number of rotatable bonds is 15. The van der Waals surface area contributed by atoms with Crippen molar-refractivity contribution in [3.63, 3.8) is 0 Å². The first-order valence-corrected chi connectivity index (χ1v) is 31.6. The minimum atomic E-state index is 0.608. The normalized spacial score (nSPS) is 21.2. The Kier molecular flexibility index (Phi) is 19.4. The molecule has 0 bridgehead atoms. The standard InChI is InChI=1S/3C21H28N4S/c3*1-24-11-3-6-18(24)10-13-25-12-2-5-16-15-17(8-9-19(16)25)23-21(22)20-7-4-14-26-20/h3*4,7-9,14-15,18H,2-3,5-6,10-13H2,1H3,(H2,22,23). The third-order valence-corrected chi connectivity index (χ3v) is 19.8. The Hall–Kier alpha value is -5.55. The maximum atomic E-state index is 6.15. The molecule has 3 atom stereocenters. The lowest BCUT2D eigenvalue weighted by Crippen LogP contribution is -2.34. The molecular weight excluding hydrogens is 1020 g/mol. The van der Waals surface area contributed by atoms with Gasteiger partial charge in [-0.3, -0.25) is 0 Å². The lowest BCUT2D eigenvalue weighted by molar-refractivity contribution is 0.297. The van der Waals surface area contributed by atoms with Gasteiger partial charge in [-0.05, 0) is 243 Å². The van der Waals surface area contributed by atoms with Gasteiger partial charge in [0.15, 0.2) is 0 Å². The SMILES string of the molecule is CN1CCCC1CCN1CCCc2cc(N=C(N)c3cccs3)ccc21.CN1CCCC1CCN1CCCc2cc(N=C(N)c3cccs3)ccc21.CN1CCCC1CCN1CCCc2cc(N=C(N)c3cccs3)ccc21. The largest absolute Gasteiger partial charge is 0.383 e. The Bertz CT molecular complexity index is 2620. The molecule has 3 fully saturated rings. The summed E-state index contributed by atoms with van der Waals surface area (Å²) in [5, 5.41) is 6.10. The second-order valence-corrected chi connectivity index (χ2v) is 25.2. The van der Waals surface area contributed by atoms with E-state index in [0.29, 0.717) is 17.5 Å². The first kappa shape index (κ1) is 55.8. The highest BCUT2D eigenvalue weighted by molar-refractivity contribution is 7.12. The molecule has 6 aliphatic heterocycles. The summed E-state index contributed by atoms with van der Waals surface area (Å²) in [5.74, 6) is 1.82. The number of anilines is 3. The molecule has 15 heteroatoms. The number of nitrogens with two attached hydrogens (primary N) is 3. The number of hydrogen-bond acceptors (Lipinski definition) is 12. The molecule has 9 heterocycles. The fraction of sp³-hybridized carbons (Fsp3) is 0.476. The number of benzene rings is 3. The van der Waals surface area contributed by atoms with E-state index >= 15 is 0 Å². The van der Waals surface area contributed by atoms with Crippen molar-refractivity contribution in [2.75, 3.05) is 94.7 Å². The Balaban J connectivity index is 0.000000132. The topological polar surface area (TPSA) is 135 Å². The van der Waals surface area contributed by atoms with E-state index in [4.69, 9.17) is 17.2 Å². The zero-order valence-electron chi connectivity index (χ0n) is 46.6. The first-order valence-electron chi connectivity index (χ1n) is 29.0. The number of aryl methyl sites for hydroxylation is 3. The number of aliphatic imine (C=N–C) groups is 3. The maximum absolute atomic E-state index is 6.15. The van der Waals surface area contributed by atoms with Gasteiger partial charge in [0.25, 0.3) is 0 Å². The third-order valence-electron chi connectivity index (χ3n) is 17.1. The van der Waals surface area contributed by atoms with E-state index in [-0.39, 0.29) is 0 Å². The van der Waals surface area contributed by atoms with Crippen LogP contribution in [-0.4, -0.2) is 130 Å². The van der Waals surface area contributed by atoms with Crippen LogP contribution in [0.5, 0.6) is 0 Å². The lowest BCUT2D eigenvalue weighted by Gasteiger charge is -2.33. The summed E-state index contributed by atoms with van der Waals surface area (Å²) in [6.07, 6.45) is 19.0. The zero-order valence-corrected chi connectivity index (χ0v) is 49.0. The minimum absolute atomic E-state index is 0.608. The van der Waals surface area contributed by atoms with Crippen LogP contribution in [0, 0.1) is 0 Å². The number of thiophene rings is 3. The summed E-state index contributed by atoms with van der Waals surface area (Å²) in [6.45, 7) is 10.7. The zero-order chi connectivity index (χ0) is 53.8. The van der Waals surface area contributed by atoms with Gasteiger partial charge in [-0.25, -0.2) is 15.0 Å². The average Bonchev–Trinajstić information content (AvgIpc) is 4.36. The third kappa shape index (κ3) is 14.4. The van der Waals surface area contributed by atoms with E-state index in [1.165, 1.54) is 150 Å². The van der Waals surface area contributed by atoms with Crippen LogP contribution in [0.15, 0.2) is 122 Å². The van der Waals surface area contributed by atoms with E-state index in [9.17, 15) is 0 Å². The Morgan fingerprint density at radius 1 is 0.423 bits per heavy atom. The molecule has 6 N–H and O–H groups in total. The number of nitrogens with zero attached hydrogens (tertiary/aromatic N) is 9. The number of amidine groups is 3. The van der Waals surface area contributed by atoms with E-state index in [2.05, 4.69) is 120 Å². The van der Waals surface area contributed by atoms with Gasteiger partial charge in [0.1, 0.15) is 17.5 Å². The van der Waals surface area contributed by atoms with Gasteiger partial charge in [-0.2, -0.15) is 0 Å². The van der Waals surface area contributed by atoms with Gasteiger partial charge in [0.05, 0.1) is 31.7 Å². The first-order chi connectivity index (χ1) is 38.1. The highest BCUT2D eigenvalue weighted by Gasteiger charge is 2.27. The van der Waals surface area contributed by atoms with Crippen molar-refractivity contribution in [3.8, 4) is 0 Å². The second-order valence-electron chi connectivity index (χ2n) is 22.3. The van der Waals surface area contributed by atoms with Crippen LogP contribution in [0.2, 0.25) is 0 Å². The monoisotopic (exact) mass is 1100 g/mol. The van der Waals surface area contributed by atoms with Gasteiger partial charge < -0.3 is 46.6 Å². The molecule has 3 aromatic carbocycles. The number of hydrogen-bond donors (Lipinski definition) is 3. The summed E-state index contributed by atoms with van der Waals surface area (Å²) in [6, 6.07) is 34.1. The van der Waals surface area contributed by atoms with Gasteiger partial charge in [0.2, 0.25) is 0 Å². The average molecular weight is 1110 g/mol. The Morgan fingerprint density at radius 2 is 0.731 bits per heavy atom. The Morgan fingerprint density at radius 3 is 0.987 bits per heavy atom. The minimum Gasteiger partial charge on any atom is -0.383 e. The van der Waals surface area contributed by atoms with E-state index < -0.39 is 0 Å². The van der Waals surface area contributed by atoms with Crippen molar-refractivity contribution >= 4 is 85.6 Å². The highest BCUT2D eigenvalue weighted by Crippen LogP contribution is 2.35. The molecule has 6 aromatic rings. The predicted molar refractivity (Wildman–Crippen MR) is 336 cm³/mol. The van der Waals surface area contributed by atoms with E-state index in [1.54, 1.807) is 34.0 Å². The van der Waals surface area contributed by atoms with Crippen molar-refractivity contribution in [2.24, 2.45) is 32.2 Å². The van der Waals surface area contributed by atoms with Crippen molar-refractivity contribution in [3.05, 3.63) is 138 Å². The van der Waals surface area contributed by atoms with Crippen LogP contribution in [0.1, 0.15) is 108 Å². The second kappa shape index (κ2) is 27.1. The predicted octanol–water partition coefficient (Wildman–Crippen LogP) is 12.1. The molecule has 0 radical (unpaired) electrons. The Labute approximate surface area is 477 Å². The molecule has 3 aromatic heterocycles. The highest BCUT2D eigenvalue weighted by atomic mass is 32.1. The molecule has 6 aliphatic rings. The van der Waals surface area contributed by atoms with Crippen molar-refractivity contribution < 1.29 is 0 Å². The van der Waals surface area contributed by atoms with Crippen LogP contribution in [-0.2, 0) is 19.3 Å². The summed E-state index contributed by atoms with van der Waals surface area (Å²) in [4.78, 5) is 32.3. The quantitative estimate of drug-likeness (QED) is 0.0679. The maximum Gasteiger partial charge on any atom is 0.141 e. The molecule has 12 nitrogen and oxygen atoms in total. The molecular formula is C63H84N12S3. The molecule has 414 valence electrons. The fourth-order valence-electron chi connectivity index (χ4n) is 12.7. The molecule has 0 saturated carbocycles.